The Morgan fingerprint density at radius 1 is 1.00 bits per heavy atom. The molecule has 138 valence electrons. The van der Waals surface area contributed by atoms with Crippen molar-refractivity contribution in [1.82, 2.24) is 5.32 Å². The molecular weight excluding hydrogens is 328 g/mol. The molecule has 2 rings (SSSR count). The van der Waals surface area contributed by atoms with Gasteiger partial charge in [-0.05, 0) is 62.6 Å². The molecule has 0 heterocycles. The van der Waals surface area contributed by atoms with E-state index in [0.717, 1.165) is 28.1 Å². The van der Waals surface area contributed by atoms with E-state index in [2.05, 4.69) is 10.6 Å². The summed E-state index contributed by atoms with van der Waals surface area (Å²) in [5.74, 6) is 0.0999. The van der Waals surface area contributed by atoms with Crippen molar-refractivity contribution in [2.24, 2.45) is 5.41 Å². The van der Waals surface area contributed by atoms with Gasteiger partial charge < -0.3 is 15.4 Å². The molecule has 5 heteroatoms. The fraction of sp³-hybridized carbons (Fsp3) is 0.333. The monoisotopic (exact) mass is 354 g/mol. The summed E-state index contributed by atoms with van der Waals surface area (Å²) < 4.78 is 5.11. The third-order valence-electron chi connectivity index (χ3n) is 4.39. The average molecular weight is 354 g/mol. The van der Waals surface area contributed by atoms with Crippen LogP contribution in [0.15, 0.2) is 42.5 Å². The Kier molecular flexibility index (Phi) is 6.03. The van der Waals surface area contributed by atoms with Gasteiger partial charge in [0.1, 0.15) is 11.2 Å². The maximum atomic E-state index is 12.6. The van der Waals surface area contributed by atoms with Gasteiger partial charge in [-0.25, -0.2) is 0 Å². The Morgan fingerprint density at radius 3 is 2.27 bits per heavy atom. The molecule has 0 saturated carbocycles. The molecule has 2 aromatic carbocycles. The van der Waals surface area contributed by atoms with E-state index in [9.17, 15) is 9.59 Å². The number of rotatable bonds is 6. The molecule has 0 aliphatic carbocycles. The fourth-order valence-electron chi connectivity index (χ4n) is 2.40. The van der Waals surface area contributed by atoms with Crippen LogP contribution < -0.4 is 15.4 Å². The zero-order valence-corrected chi connectivity index (χ0v) is 16.0. The molecule has 0 atom stereocenters. The first kappa shape index (κ1) is 19.5. The Hall–Kier alpha value is -2.82. The SMILES string of the molecule is COc1ccc(CNC(=O)C(C)(C)C(=O)Nc2cc(C)ccc2C)cc1. The maximum absolute atomic E-state index is 12.6. The van der Waals surface area contributed by atoms with Crippen LogP contribution in [0.3, 0.4) is 0 Å². The van der Waals surface area contributed by atoms with E-state index in [1.807, 2.05) is 56.3 Å². The Balaban J connectivity index is 2.01. The van der Waals surface area contributed by atoms with Gasteiger partial charge in [0, 0.05) is 12.2 Å². The van der Waals surface area contributed by atoms with Crippen LogP contribution in [0.25, 0.3) is 0 Å². The highest BCUT2D eigenvalue weighted by atomic mass is 16.5. The highest BCUT2D eigenvalue weighted by molar-refractivity contribution is 6.10. The lowest BCUT2D eigenvalue weighted by Crippen LogP contribution is -2.45. The number of carbonyl (C=O) groups excluding carboxylic acids is 2. The van der Waals surface area contributed by atoms with Gasteiger partial charge >= 0.3 is 0 Å². The number of nitrogens with one attached hydrogen (secondary N) is 2. The molecule has 2 aromatic rings. The predicted octanol–water partition coefficient (Wildman–Crippen LogP) is 3.59. The number of amides is 2. The Morgan fingerprint density at radius 2 is 1.65 bits per heavy atom. The molecule has 0 saturated heterocycles. The standard InChI is InChI=1S/C21H26N2O3/c1-14-6-7-15(2)18(12-14)23-20(25)21(3,4)19(24)22-13-16-8-10-17(26-5)11-9-16/h6-12H,13H2,1-5H3,(H,22,24)(H,23,25). The molecule has 0 radical (unpaired) electrons. The van der Waals surface area contributed by atoms with Crippen molar-refractivity contribution in [3.63, 3.8) is 0 Å². The molecule has 5 nitrogen and oxygen atoms in total. The Labute approximate surface area is 154 Å². The second kappa shape index (κ2) is 8.04. The molecule has 0 aromatic heterocycles. The van der Waals surface area contributed by atoms with Crippen LogP contribution in [0.5, 0.6) is 5.75 Å². The van der Waals surface area contributed by atoms with Gasteiger partial charge in [0.25, 0.3) is 0 Å². The van der Waals surface area contributed by atoms with Crippen LogP contribution in [0.1, 0.15) is 30.5 Å². The molecule has 0 aliphatic rings. The Bertz CT molecular complexity index is 795. The average Bonchev–Trinajstić information content (AvgIpc) is 2.62. The summed E-state index contributed by atoms with van der Waals surface area (Å²) in [6.45, 7) is 7.48. The summed E-state index contributed by atoms with van der Waals surface area (Å²) in [7, 11) is 1.61. The molecule has 0 aliphatic heterocycles. The quantitative estimate of drug-likeness (QED) is 0.779. The largest absolute Gasteiger partial charge is 0.497 e. The number of carbonyl (C=O) groups is 2. The van der Waals surface area contributed by atoms with Gasteiger partial charge in [-0.2, -0.15) is 0 Å². The number of ether oxygens (including phenoxy) is 1. The third kappa shape index (κ3) is 4.63. The molecule has 0 spiro atoms. The van der Waals surface area contributed by atoms with Crippen LogP contribution >= 0.6 is 0 Å². The first-order valence-electron chi connectivity index (χ1n) is 8.54. The van der Waals surface area contributed by atoms with Crippen LogP contribution in [0, 0.1) is 19.3 Å². The number of hydrogen-bond acceptors (Lipinski definition) is 3. The maximum Gasteiger partial charge on any atom is 0.239 e. The molecule has 0 bridgehead atoms. The second-order valence-corrected chi connectivity index (χ2v) is 6.93. The minimum atomic E-state index is -1.19. The van der Waals surface area contributed by atoms with Crippen molar-refractivity contribution >= 4 is 17.5 Å². The van der Waals surface area contributed by atoms with Crippen molar-refractivity contribution in [3.05, 3.63) is 59.2 Å². The zero-order valence-electron chi connectivity index (χ0n) is 16.0. The molecule has 26 heavy (non-hydrogen) atoms. The lowest BCUT2D eigenvalue weighted by molar-refractivity contribution is -0.138. The lowest BCUT2D eigenvalue weighted by atomic mass is 9.90. The third-order valence-corrected chi connectivity index (χ3v) is 4.39. The minimum absolute atomic E-state index is 0.323. The number of benzene rings is 2. The van der Waals surface area contributed by atoms with E-state index < -0.39 is 5.41 Å². The normalized spacial score (nSPS) is 11.0. The zero-order chi connectivity index (χ0) is 19.3. The molecule has 0 fully saturated rings. The fourth-order valence-corrected chi connectivity index (χ4v) is 2.40. The van der Waals surface area contributed by atoms with E-state index in [1.54, 1.807) is 21.0 Å². The minimum Gasteiger partial charge on any atom is -0.497 e. The van der Waals surface area contributed by atoms with Crippen LogP contribution in [0.4, 0.5) is 5.69 Å². The van der Waals surface area contributed by atoms with Crippen LogP contribution in [-0.4, -0.2) is 18.9 Å². The predicted molar refractivity (Wildman–Crippen MR) is 103 cm³/mol. The summed E-state index contributed by atoms with van der Waals surface area (Å²) >= 11 is 0. The van der Waals surface area contributed by atoms with E-state index in [1.165, 1.54) is 0 Å². The first-order chi connectivity index (χ1) is 12.2. The van der Waals surface area contributed by atoms with Gasteiger partial charge in [0.05, 0.1) is 7.11 Å². The first-order valence-corrected chi connectivity index (χ1v) is 8.54. The molecule has 2 N–H and O–H groups in total. The van der Waals surface area contributed by atoms with E-state index in [4.69, 9.17) is 4.74 Å². The van der Waals surface area contributed by atoms with Gasteiger partial charge in [0.15, 0.2) is 0 Å². The van der Waals surface area contributed by atoms with Crippen molar-refractivity contribution in [3.8, 4) is 5.75 Å². The highest BCUT2D eigenvalue weighted by Crippen LogP contribution is 2.22. The number of hydrogen-bond donors (Lipinski definition) is 2. The highest BCUT2D eigenvalue weighted by Gasteiger charge is 2.36. The van der Waals surface area contributed by atoms with Crippen molar-refractivity contribution < 1.29 is 14.3 Å². The summed E-state index contributed by atoms with van der Waals surface area (Å²) in [4.78, 5) is 25.2. The lowest BCUT2D eigenvalue weighted by Gasteiger charge is -2.23. The number of methoxy groups -OCH3 is 1. The smallest absolute Gasteiger partial charge is 0.239 e. The summed E-state index contributed by atoms with van der Waals surface area (Å²) in [6, 6.07) is 13.3. The van der Waals surface area contributed by atoms with Crippen molar-refractivity contribution in [2.75, 3.05) is 12.4 Å². The molecular formula is C21H26N2O3. The second-order valence-electron chi connectivity index (χ2n) is 6.93. The van der Waals surface area contributed by atoms with Crippen molar-refractivity contribution in [1.29, 1.82) is 0 Å². The van der Waals surface area contributed by atoms with Crippen LogP contribution in [0.2, 0.25) is 0 Å². The summed E-state index contributed by atoms with van der Waals surface area (Å²) in [5, 5.41) is 5.70. The van der Waals surface area contributed by atoms with E-state index >= 15 is 0 Å². The summed E-state index contributed by atoms with van der Waals surface area (Å²) in [5.41, 5.74) is 2.48. The van der Waals surface area contributed by atoms with Gasteiger partial charge in [-0.15, -0.1) is 0 Å². The van der Waals surface area contributed by atoms with E-state index in [0.29, 0.717) is 6.54 Å². The molecule has 2 amide bonds. The topological polar surface area (TPSA) is 67.4 Å². The summed E-state index contributed by atoms with van der Waals surface area (Å²) in [6.07, 6.45) is 0. The van der Waals surface area contributed by atoms with Crippen LogP contribution in [-0.2, 0) is 16.1 Å². The van der Waals surface area contributed by atoms with Crippen molar-refractivity contribution in [2.45, 2.75) is 34.2 Å². The molecule has 0 unspecified atom stereocenters. The van der Waals surface area contributed by atoms with Gasteiger partial charge in [-0.3, -0.25) is 9.59 Å². The van der Waals surface area contributed by atoms with E-state index in [-0.39, 0.29) is 11.8 Å². The van der Waals surface area contributed by atoms with Gasteiger partial charge in [0.2, 0.25) is 11.8 Å². The van der Waals surface area contributed by atoms with Gasteiger partial charge in [-0.1, -0.05) is 24.3 Å². The number of aryl methyl sites for hydroxylation is 2. The number of anilines is 1.